The molecular formula is C26H31N5O5. The van der Waals surface area contributed by atoms with Gasteiger partial charge in [-0.05, 0) is 18.4 Å². The number of amides is 3. The van der Waals surface area contributed by atoms with E-state index in [2.05, 4.69) is 16.1 Å². The van der Waals surface area contributed by atoms with E-state index in [1.807, 2.05) is 30.3 Å². The zero-order valence-electron chi connectivity index (χ0n) is 20.3. The van der Waals surface area contributed by atoms with Crippen LogP contribution in [-0.2, 0) is 20.9 Å². The monoisotopic (exact) mass is 493 g/mol. The SMILES string of the molecule is C#CCCC1(CCC(=O)N2C[C@@H]3OC(=O)N(C4CCN(C(=O)OCc5ccccc5)CC4)[C@@H]3C2)N=N1. The number of hydrogen-bond donors (Lipinski definition) is 0. The fraction of sp³-hybridized carbons (Fsp3) is 0.577. The number of fused-ring (bicyclic) bond motifs is 1. The molecule has 0 saturated carbocycles. The molecule has 0 radical (unpaired) electrons. The van der Waals surface area contributed by atoms with E-state index in [9.17, 15) is 14.4 Å². The maximum absolute atomic E-state index is 12.9. The molecular weight excluding hydrogens is 462 g/mol. The smallest absolute Gasteiger partial charge is 0.410 e. The van der Waals surface area contributed by atoms with Crippen LogP contribution in [0.1, 0.15) is 44.1 Å². The Bertz CT molecular complexity index is 1060. The Balaban J connectivity index is 1.09. The molecule has 4 aliphatic heterocycles. The average Bonchev–Trinajstić information content (AvgIpc) is 3.46. The highest BCUT2D eigenvalue weighted by atomic mass is 16.6. The zero-order valence-corrected chi connectivity index (χ0v) is 20.3. The lowest BCUT2D eigenvalue weighted by molar-refractivity contribution is -0.131. The number of benzene rings is 1. The Morgan fingerprint density at radius 1 is 1.11 bits per heavy atom. The maximum Gasteiger partial charge on any atom is 0.410 e. The molecule has 2 atom stereocenters. The summed E-state index contributed by atoms with van der Waals surface area (Å²) < 4.78 is 11.1. The van der Waals surface area contributed by atoms with Gasteiger partial charge in [0.15, 0.2) is 5.66 Å². The first kappa shape index (κ1) is 24.1. The molecule has 4 heterocycles. The Kier molecular flexibility index (Phi) is 6.81. The molecule has 10 heteroatoms. The van der Waals surface area contributed by atoms with Crippen LogP contribution < -0.4 is 0 Å². The summed E-state index contributed by atoms with van der Waals surface area (Å²) in [6, 6.07) is 9.38. The van der Waals surface area contributed by atoms with Gasteiger partial charge in [-0.15, -0.1) is 12.3 Å². The van der Waals surface area contributed by atoms with E-state index < -0.39 is 5.66 Å². The van der Waals surface area contributed by atoms with Gasteiger partial charge >= 0.3 is 12.2 Å². The van der Waals surface area contributed by atoms with Gasteiger partial charge in [-0.3, -0.25) is 9.69 Å². The van der Waals surface area contributed by atoms with Crippen LogP contribution in [0.4, 0.5) is 9.59 Å². The summed E-state index contributed by atoms with van der Waals surface area (Å²) >= 11 is 0. The Hall–Kier alpha value is -3.61. The summed E-state index contributed by atoms with van der Waals surface area (Å²) in [6.07, 6.45) is 7.80. The first-order valence-electron chi connectivity index (χ1n) is 12.6. The van der Waals surface area contributed by atoms with E-state index in [1.165, 1.54) is 0 Å². The third-order valence-electron chi connectivity index (χ3n) is 7.52. The molecule has 0 aliphatic carbocycles. The zero-order chi connectivity index (χ0) is 25.1. The maximum atomic E-state index is 12.9. The summed E-state index contributed by atoms with van der Waals surface area (Å²) in [6.45, 7) is 2.12. The van der Waals surface area contributed by atoms with E-state index >= 15 is 0 Å². The third kappa shape index (κ3) is 5.15. The van der Waals surface area contributed by atoms with Crippen LogP contribution in [0.25, 0.3) is 0 Å². The van der Waals surface area contributed by atoms with Crippen LogP contribution in [0, 0.1) is 12.3 Å². The molecule has 1 aromatic carbocycles. The summed E-state index contributed by atoms with van der Waals surface area (Å²) in [7, 11) is 0. The topological polar surface area (TPSA) is 104 Å². The molecule has 0 bridgehead atoms. The Labute approximate surface area is 210 Å². The number of hydrogen-bond acceptors (Lipinski definition) is 7. The van der Waals surface area contributed by atoms with Gasteiger partial charge in [-0.1, -0.05) is 30.3 Å². The van der Waals surface area contributed by atoms with Crippen LogP contribution in [-0.4, -0.2) is 82.8 Å². The summed E-state index contributed by atoms with van der Waals surface area (Å²) in [4.78, 5) is 43.3. The first-order chi connectivity index (χ1) is 17.5. The van der Waals surface area contributed by atoms with Gasteiger partial charge in [0.25, 0.3) is 0 Å². The second-order valence-corrected chi connectivity index (χ2v) is 9.84. The number of nitrogens with zero attached hydrogens (tertiary/aromatic N) is 5. The molecule has 36 heavy (non-hydrogen) atoms. The van der Waals surface area contributed by atoms with E-state index in [0.29, 0.717) is 64.7 Å². The highest BCUT2D eigenvalue weighted by molar-refractivity contribution is 5.78. The molecule has 0 spiro atoms. The van der Waals surface area contributed by atoms with Crippen LogP contribution in [0.15, 0.2) is 40.6 Å². The van der Waals surface area contributed by atoms with Crippen molar-refractivity contribution in [3.63, 3.8) is 0 Å². The van der Waals surface area contributed by atoms with E-state index in [0.717, 1.165) is 5.56 Å². The largest absolute Gasteiger partial charge is 0.445 e. The highest BCUT2D eigenvalue weighted by Gasteiger charge is 2.51. The van der Waals surface area contributed by atoms with Crippen LogP contribution in [0.2, 0.25) is 0 Å². The van der Waals surface area contributed by atoms with Gasteiger partial charge in [0.05, 0.1) is 12.6 Å². The molecule has 0 unspecified atom stereocenters. The standard InChI is InChI=1S/C26H31N5O5/c1-2-3-12-26(27-28-26)13-9-23(32)30-16-21-22(17-30)36-25(34)31(21)20-10-14-29(15-11-20)24(33)35-18-19-7-5-4-6-8-19/h1,4-8,20-22H,3,9-18H2/t21-,22+/m1/s1. The molecule has 3 fully saturated rings. The molecule has 190 valence electrons. The molecule has 0 aromatic heterocycles. The predicted octanol–water partition coefficient (Wildman–Crippen LogP) is 3.17. The van der Waals surface area contributed by atoms with Gasteiger partial charge in [0.1, 0.15) is 12.7 Å². The van der Waals surface area contributed by atoms with Crippen molar-refractivity contribution in [2.45, 2.75) is 69.0 Å². The second kappa shape index (κ2) is 10.2. The minimum absolute atomic E-state index is 0.0220. The van der Waals surface area contributed by atoms with Crippen molar-refractivity contribution < 1.29 is 23.9 Å². The van der Waals surface area contributed by atoms with Crippen molar-refractivity contribution in [3.05, 3.63) is 35.9 Å². The van der Waals surface area contributed by atoms with E-state index in [1.54, 1.807) is 14.7 Å². The molecule has 0 N–H and O–H groups in total. The average molecular weight is 494 g/mol. The summed E-state index contributed by atoms with van der Waals surface area (Å²) in [5, 5.41) is 8.20. The summed E-state index contributed by atoms with van der Waals surface area (Å²) in [5.41, 5.74) is 0.461. The van der Waals surface area contributed by atoms with Gasteiger partial charge in [-0.25, -0.2) is 9.59 Å². The molecule has 3 amide bonds. The molecule has 5 rings (SSSR count). The third-order valence-corrected chi connectivity index (χ3v) is 7.52. The quantitative estimate of drug-likeness (QED) is 0.518. The Morgan fingerprint density at radius 3 is 2.56 bits per heavy atom. The van der Waals surface area contributed by atoms with Crippen molar-refractivity contribution in [3.8, 4) is 12.3 Å². The van der Waals surface area contributed by atoms with Crippen LogP contribution in [0.3, 0.4) is 0 Å². The van der Waals surface area contributed by atoms with Crippen molar-refractivity contribution in [1.29, 1.82) is 0 Å². The van der Waals surface area contributed by atoms with Crippen molar-refractivity contribution >= 4 is 18.1 Å². The fourth-order valence-electron chi connectivity index (χ4n) is 5.36. The normalized spacial score (nSPS) is 24.3. The van der Waals surface area contributed by atoms with Gasteiger partial charge in [0.2, 0.25) is 5.91 Å². The number of ether oxygens (including phenoxy) is 2. The second-order valence-electron chi connectivity index (χ2n) is 9.84. The molecule has 3 saturated heterocycles. The lowest BCUT2D eigenvalue weighted by Gasteiger charge is -2.37. The van der Waals surface area contributed by atoms with Gasteiger partial charge < -0.3 is 19.3 Å². The summed E-state index contributed by atoms with van der Waals surface area (Å²) in [5.74, 6) is 2.62. The van der Waals surface area contributed by atoms with Crippen molar-refractivity contribution in [2.75, 3.05) is 26.2 Å². The predicted molar refractivity (Wildman–Crippen MR) is 129 cm³/mol. The molecule has 10 nitrogen and oxygen atoms in total. The van der Waals surface area contributed by atoms with Gasteiger partial charge in [-0.2, -0.15) is 10.2 Å². The number of terminal acetylenes is 1. The van der Waals surface area contributed by atoms with Crippen LogP contribution in [0.5, 0.6) is 0 Å². The van der Waals surface area contributed by atoms with E-state index in [4.69, 9.17) is 15.9 Å². The number of carbonyl (C=O) groups is 3. The number of carbonyl (C=O) groups excluding carboxylic acids is 3. The number of piperidine rings is 1. The Morgan fingerprint density at radius 2 is 1.86 bits per heavy atom. The fourth-order valence-corrected chi connectivity index (χ4v) is 5.36. The van der Waals surface area contributed by atoms with Crippen molar-refractivity contribution in [1.82, 2.24) is 14.7 Å². The highest BCUT2D eigenvalue weighted by Crippen LogP contribution is 2.38. The number of rotatable bonds is 8. The number of likely N-dealkylation sites (tertiary alicyclic amines) is 2. The van der Waals surface area contributed by atoms with E-state index in [-0.39, 0.29) is 42.9 Å². The minimum Gasteiger partial charge on any atom is -0.445 e. The van der Waals surface area contributed by atoms with Crippen molar-refractivity contribution in [2.24, 2.45) is 10.2 Å². The molecule has 1 aromatic rings. The lowest BCUT2D eigenvalue weighted by atomic mass is 10.0. The van der Waals surface area contributed by atoms with Gasteiger partial charge in [0, 0.05) is 51.4 Å². The lowest BCUT2D eigenvalue weighted by Crippen LogP contribution is -2.51. The minimum atomic E-state index is -0.480. The first-order valence-corrected chi connectivity index (χ1v) is 12.6. The molecule has 4 aliphatic rings. The van der Waals surface area contributed by atoms with Crippen LogP contribution >= 0.6 is 0 Å².